The fourth-order valence-electron chi connectivity index (χ4n) is 2.73. The van der Waals surface area contributed by atoms with Gasteiger partial charge in [-0.25, -0.2) is 0 Å². The van der Waals surface area contributed by atoms with Crippen LogP contribution in [0.3, 0.4) is 0 Å². The molecule has 0 aromatic heterocycles. The third kappa shape index (κ3) is 5.62. The van der Waals surface area contributed by atoms with E-state index in [2.05, 4.69) is 4.74 Å². The minimum Gasteiger partial charge on any atom is -0.490 e. The number of rotatable bonds is 8. The molecule has 1 heterocycles. The number of alkyl halides is 2. The van der Waals surface area contributed by atoms with Crippen molar-refractivity contribution in [2.75, 3.05) is 13.2 Å². The summed E-state index contributed by atoms with van der Waals surface area (Å²) in [4.78, 5) is 38.3. The maximum atomic E-state index is 12.7. The van der Waals surface area contributed by atoms with Gasteiger partial charge in [0.15, 0.2) is 17.3 Å². The molecule has 162 valence electrons. The van der Waals surface area contributed by atoms with E-state index in [9.17, 15) is 23.2 Å². The van der Waals surface area contributed by atoms with Crippen molar-refractivity contribution in [3.05, 3.63) is 63.5 Å². The van der Waals surface area contributed by atoms with Crippen LogP contribution < -0.4 is 9.47 Å². The summed E-state index contributed by atoms with van der Waals surface area (Å²) in [5, 5.41) is -0.122. The van der Waals surface area contributed by atoms with Crippen LogP contribution in [0.5, 0.6) is 11.5 Å². The number of hydrogen-bond donors (Lipinski definition) is 0. The lowest BCUT2D eigenvalue weighted by Crippen LogP contribution is -2.33. The van der Waals surface area contributed by atoms with Gasteiger partial charge < -0.3 is 9.47 Å². The van der Waals surface area contributed by atoms with Crippen molar-refractivity contribution >= 4 is 46.4 Å². The number of amides is 2. The number of nitrogens with zero attached hydrogens (tertiary/aromatic N) is 1. The third-order valence-corrected chi connectivity index (χ3v) is 5.28. The van der Waals surface area contributed by atoms with Gasteiger partial charge in [0.2, 0.25) is 0 Å². The molecule has 0 atom stereocenters. The minimum absolute atomic E-state index is 0.0775. The van der Waals surface area contributed by atoms with Gasteiger partial charge in [-0.1, -0.05) is 17.7 Å². The molecule has 1 fully saturated rings. The molecule has 2 aromatic rings. The molecule has 1 aliphatic rings. The first-order chi connectivity index (χ1) is 14.8. The van der Waals surface area contributed by atoms with Crippen LogP contribution in [0.2, 0.25) is 5.02 Å². The van der Waals surface area contributed by atoms with Gasteiger partial charge in [-0.2, -0.15) is 8.78 Å². The lowest BCUT2D eigenvalue weighted by atomic mass is 10.1. The van der Waals surface area contributed by atoms with E-state index in [4.69, 9.17) is 16.3 Å². The number of ether oxygens (including phenoxy) is 2. The summed E-state index contributed by atoms with van der Waals surface area (Å²) >= 11 is 6.48. The highest BCUT2D eigenvalue weighted by atomic mass is 35.5. The molecule has 0 radical (unpaired) electrons. The maximum Gasteiger partial charge on any atom is 0.387 e. The van der Waals surface area contributed by atoms with Crippen molar-refractivity contribution in [3.8, 4) is 11.5 Å². The summed E-state index contributed by atoms with van der Waals surface area (Å²) in [5.74, 6) is -1.10. The highest BCUT2D eigenvalue weighted by molar-refractivity contribution is 8.18. The van der Waals surface area contributed by atoms with Gasteiger partial charge >= 0.3 is 6.61 Å². The highest BCUT2D eigenvalue weighted by Crippen LogP contribution is 2.35. The molecule has 0 saturated carbocycles. The first-order valence-corrected chi connectivity index (χ1v) is 10.2. The van der Waals surface area contributed by atoms with Gasteiger partial charge in [-0.05, 0) is 66.7 Å². The molecule has 31 heavy (non-hydrogen) atoms. The Hall–Kier alpha value is -2.91. The number of thioether (sulfide) groups is 1. The van der Waals surface area contributed by atoms with E-state index in [1.165, 1.54) is 36.4 Å². The van der Waals surface area contributed by atoms with E-state index >= 15 is 0 Å². The Labute approximate surface area is 185 Å². The number of hydrogen-bond acceptors (Lipinski definition) is 6. The van der Waals surface area contributed by atoms with Gasteiger partial charge in [-0.15, -0.1) is 0 Å². The summed E-state index contributed by atoms with van der Waals surface area (Å²) in [5.41, 5.74) is 0.767. The van der Waals surface area contributed by atoms with E-state index in [-0.39, 0.29) is 23.0 Å². The Kier molecular flexibility index (Phi) is 7.29. The predicted molar refractivity (Wildman–Crippen MR) is 113 cm³/mol. The zero-order valence-corrected chi connectivity index (χ0v) is 17.7. The molecule has 1 aliphatic heterocycles. The lowest BCUT2D eigenvalue weighted by Gasteiger charge is -2.12. The van der Waals surface area contributed by atoms with E-state index in [0.717, 1.165) is 4.90 Å². The smallest absolute Gasteiger partial charge is 0.387 e. The molecular formula is C21H16ClF2NO5S. The zero-order valence-electron chi connectivity index (χ0n) is 16.1. The molecule has 0 aliphatic carbocycles. The van der Waals surface area contributed by atoms with E-state index in [1.54, 1.807) is 19.1 Å². The Balaban J connectivity index is 1.78. The average Bonchev–Trinajstić information content (AvgIpc) is 2.97. The minimum atomic E-state index is -3.01. The number of carbonyl (C=O) groups is 3. The second kappa shape index (κ2) is 9.93. The van der Waals surface area contributed by atoms with Gasteiger partial charge in [0, 0.05) is 10.6 Å². The Bertz CT molecular complexity index is 1040. The second-order valence-corrected chi connectivity index (χ2v) is 7.65. The molecule has 10 heteroatoms. The predicted octanol–water partition coefficient (Wildman–Crippen LogP) is 5.26. The summed E-state index contributed by atoms with van der Waals surface area (Å²) in [7, 11) is 0. The summed E-state index contributed by atoms with van der Waals surface area (Å²) < 4.78 is 34.8. The molecule has 2 aromatic carbocycles. The van der Waals surface area contributed by atoms with Crippen LogP contribution in [-0.4, -0.2) is 41.6 Å². The Morgan fingerprint density at radius 1 is 1.16 bits per heavy atom. The molecule has 0 bridgehead atoms. The molecule has 0 unspecified atom stereocenters. The first-order valence-electron chi connectivity index (χ1n) is 9.04. The molecule has 1 saturated heterocycles. The van der Waals surface area contributed by atoms with Crippen molar-refractivity contribution < 1.29 is 32.6 Å². The number of Topliss-reactive ketones (excluding diaryl/α,β-unsaturated/α-hetero) is 1. The van der Waals surface area contributed by atoms with Gasteiger partial charge in [0.05, 0.1) is 18.1 Å². The SMILES string of the molecule is CCOc1cc(/C=C2\SC(=O)N(CC(=O)c3ccc(Cl)cc3)C2=O)ccc1OC(F)F. The number of imide groups is 1. The van der Waals surface area contributed by atoms with E-state index in [0.29, 0.717) is 27.9 Å². The molecule has 6 nitrogen and oxygen atoms in total. The highest BCUT2D eigenvalue weighted by Gasteiger charge is 2.36. The molecule has 2 amide bonds. The van der Waals surface area contributed by atoms with Crippen LogP contribution >= 0.6 is 23.4 Å². The van der Waals surface area contributed by atoms with Crippen LogP contribution in [0, 0.1) is 0 Å². The largest absolute Gasteiger partial charge is 0.490 e. The summed E-state index contributed by atoms with van der Waals surface area (Å²) in [6, 6.07) is 10.3. The summed E-state index contributed by atoms with van der Waals surface area (Å²) in [6.07, 6.45) is 1.42. The molecule has 3 rings (SSSR count). The first kappa shape index (κ1) is 22.8. The lowest BCUT2D eigenvalue weighted by molar-refractivity contribution is -0.122. The second-order valence-electron chi connectivity index (χ2n) is 6.22. The summed E-state index contributed by atoms with van der Waals surface area (Å²) in [6.45, 7) is -1.52. The molecular weight excluding hydrogens is 452 g/mol. The standard InChI is InChI=1S/C21H16ClF2NO5S/c1-2-29-17-9-12(3-8-16(17)30-20(23)24)10-18-19(27)25(21(28)31-18)11-15(26)13-4-6-14(22)7-5-13/h3-10,20H,2,11H2,1H3/b18-10-. The number of ketones is 1. The average molecular weight is 468 g/mol. The van der Waals surface area contributed by atoms with Crippen molar-refractivity contribution in [1.29, 1.82) is 0 Å². The van der Waals surface area contributed by atoms with Crippen LogP contribution in [0.15, 0.2) is 47.4 Å². The van der Waals surface area contributed by atoms with Crippen LogP contribution in [0.4, 0.5) is 13.6 Å². The van der Waals surface area contributed by atoms with E-state index < -0.39 is 30.1 Å². The van der Waals surface area contributed by atoms with Crippen molar-refractivity contribution in [2.45, 2.75) is 13.5 Å². The Morgan fingerprint density at radius 2 is 1.87 bits per heavy atom. The van der Waals surface area contributed by atoms with Crippen molar-refractivity contribution in [1.82, 2.24) is 4.90 Å². The third-order valence-electron chi connectivity index (χ3n) is 4.12. The quantitative estimate of drug-likeness (QED) is 0.389. The van der Waals surface area contributed by atoms with E-state index in [1.807, 2.05) is 0 Å². The normalized spacial score (nSPS) is 15.1. The van der Waals surface area contributed by atoms with Crippen LogP contribution in [0.25, 0.3) is 6.08 Å². The zero-order chi connectivity index (χ0) is 22.5. The van der Waals surface area contributed by atoms with Crippen LogP contribution in [-0.2, 0) is 4.79 Å². The van der Waals surface area contributed by atoms with Gasteiger partial charge in [0.25, 0.3) is 11.1 Å². The van der Waals surface area contributed by atoms with Gasteiger partial charge in [-0.3, -0.25) is 19.3 Å². The number of halogens is 3. The monoisotopic (exact) mass is 467 g/mol. The fraction of sp³-hybridized carbons (Fsp3) is 0.190. The number of carbonyl (C=O) groups excluding carboxylic acids is 3. The van der Waals surface area contributed by atoms with Crippen molar-refractivity contribution in [2.24, 2.45) is 0 Å². The van der Waals surface area contributed by atoms with Gasteiger partial charge in [0.1, 0.15) is 0 Å². The van der Waals surface area contributed by atoms with Crippen LogP contribution in [0.1, 0.15) is 22.8 Å². The Morgan fingerprint density at radius 3 is 2.52 bits per heavy atom. The van der Waals surface area contributed by atoms with Crippen molar-refractivity contribution in [3.63, 3.8) is 0 Å². The molecule has 0 N–H and O–H groups in total. The maximum absolute atomic E-state index is 12.7. The topological polar surface area (TPSA) is 72.9 Å². The fourth-order valence-corrected chi connectivity index (χ4v) is 3.70. The molecule has 0 spiro atoms. The number of benzene rings is 2.